The van der Waals surface area contributed by atoms with Crippen molar-refractivity contribution in [2.45, 2.75) is 42.9 Å². The minimum atomic E-state index is -4.84. The van der Waals surface area contributed by atoms with E-state index in [1.165, 1.54) is 30.5 Å². The molecule has 3 saturated carbocycles. The Hall–Kier alpha value is -2.76. The molecule has 0 spiro atoms. The van der Waals surface area contributed by atoms with E-state index in [-0.39, 0.29) is 34.9 Å². The third-order valence-corrected chi connectivity index (χ3v) is 7.36. The average Bonchev–Trinajstić information content (AvgIpc) is 3.17. The molecule has 2 unspecified atom stereocenters. The maximum Gasteiger partial charge on any atom is 0.435 e. The Morgan fingerprint density at radius 1 is 1.30 bits per heavy atom. The molecule has 1 amide bonds. The molecule has 12 heteroatoms. The van der Waals surface area contributed by atoms with E-state index in [9.17, 15) is 26.6 Å². The second kappa shape index (κ2) is 7.93. The SMILES string of the molecule is Cc1c(C(F)(F)F)nnc(OCC2CC3(F)CC2C3)c1C(=O)Nc1cccc(S(C)(=N)=O)c1. The molecule has 178 valence electrons. The first-order valence-electron chi connectivity index (χ1n) is 10.2. The summed E-state index contributed by atoms with van der Waals surface area (Å²) in [6, 6.07) is 5.69. The number of anilines is 1. The van der Waals surface area contributed by atoms with Gasteiger partial charge in [-0.3, -0.25) is 4.79 Å². The Morgan fingerprint density at radius 3 is 2.58 bits per heavy atom. The third-order valence-electron chi connectivity index (χ3n) is 6.21. The average molecular weight is 486 g/mol. The normalized spacial score (nSPS) is 25.8. The van der Waals surface area contributed by atoms with E-state index >= 15 is 0 Å². The van der Waals surface area contributed by atoms with Gasteiger partial charge in [0.15, 0.2) is 5.69 Å². The van der Waals surface area contributed by atoms with E-state index in [0.29, 0.717) is 19.3 Å². The monoisotopic (exact) mass is 486 g/mol. The minimum absolute atomic E-state index is 0.0162. The smallest absolute Gasteiger partial charge is 0.435 e. The van der Waals surface area contributed by atoms with Crippen molar-refractivity contribution in [1.82, 2.24) is 10.2 Å². The highest BCUT2D eigenvalue weighted by molar-refractivity contribution is 7.91. The Morgan fingerprint density at radius 2 is 2.00 bits per heavy atom. The van der Waals surface area contributed by atoms with Gasteiger partial charge in [-0.1, -0.05) is 6.07 Å². The van der Waals surface area contributed by atoms with Gasteiger partial charge >= 0.3 is 6.18 Å². The van der Waals surface area contributed by atoms with E-state index in [1.807, 2.05) is 0 Å². The van der Waals surface area contributed by atoms with Crippen molar-refractivity contribution in [3.63, 3.8) is 0 Å². The number of fused-ring (bicyclic) bond motifs is 1. The van der Waals surface area contributed by atoms with Crippen LogP contribution in [0.2, 0.25) is 0 Å². The Bertz CT molecular complexity index is 1210. The number of aromatic nitrogens is 2. The number of alkyl halides is 4. The maximum atomic E-state index is 14.2. The van der Waals surface area contributed by atoms with E-state index in [4.69, 9.17) is 9.52 Å². The summed E-state index contributed by atoms with van der Waals surface area (Å²) in [6.07, 6.45) is -2.43. The molecule has 1 aromatic carbocycles. The van der Waals surface area contributed by atoms with Crippen LogP contribution in [-0.2, 0) is 15.9 Å². The van der Waals surface area contributed by atoms with Gasteiger partial charge < -0.3 is 10.1 Å². The predicted octanol–water partition coefficient (Wildman–Crippen LogP) is 4.61. The van der Waals surface area contributed by atoms with Gasteiger partial charge in [-0.2, -0.15) is 13.2 Å². The van der Waals surface area contributed by atoms with Crippen LogP contribution in [-0.4, -0.2) is 38.8 Å². The summed E-state index contributed by atoms with van der Waals surface area (Å²) in [7, 11) is -3.07. The summed E-state index contributed by atoms with van der Waals surface area (Å²) < 4.78 is 79.6. The van der Waals surface area contributed by atoms with Crippen LogP contribution in [0, 0.1) is 23.5 Å². The van der Waals surface area contributed by atoms with Crippen molar-refractivity contribution in [1.29, 1.82) is 4.78 Å². The van der Waals surface area contributed by atoms with Crippen molar-refractivity contribution < 1.29 is 31.3 Å². The number of carbonyl (C=O) groups is 1. The number of amides is 1. The van der Waals surface area contributed by atoms with Gasteiger partial charge in [0.05, 0.1) is 16.3 Å². The molecule has 5 rings (SSSR count). The molecule has 1 aromatic heterocycles. The van der Waals surface area contributed by atoms with E-state index in [2.05, 4.69) is 15.5 Å². The topological polar surface area (TPSA) is 105 Å². The first-order valence-corrected chi connectivity index (χ1v) is 12.1. The fraction of sp³-hybridized carbons (Fsp3) is 0.476. The Labute approximate surface area is 187 Å². The highest BCUT2D eigenvalue weighted by Gasteiger charge is 2.57. The van der Waals surface area contributed by atoms with Crippen molar-refractivity contribution in [3.05, 3.63) is 41.1 Å². The number of rotatable bonds is 6. The van der Waals surface area contributed by atoms with E-state index in [1.54, 1.807) is 0 Å². The van der Waals surface area contributed by atoms with Gasteiger partial charge in [-0.25, -0.2) is 13.4 Å². The molecule has 3 aliphatic carbocycles. The summed E-state index contributed by atoms with van der Waals surface area (Å²) in [5, 5.41) is 9.20. The predicted molar refractivity (Wildman–Crippen MR) is 111 cm³/mol. The van der Waals surface area contributed by atoms with Crippen LogP contribution in [0.5, 0.6) is 5.88 Å². The van der Waals surface area contributed by atoms with Gasteiger partial charge in [-0.05, 0) is 61.8 Å². The lowest BCUT2D eigenvalue weighted by molar-refractivity contribution is -0.142. The van der Waals surface area contributed by atoms with Crippen LogP contribution >= 0.6 is 0 Å². The molecule has 0 radical (unpaired) electrons. The standard InChI is InChI=1S/C21H22F4N4O3S/c1-11-16(18(30)27-14-4-3-5-15(6-14)33(2,26)31)19(29-28-17(11)21(23,24)25)32-10-13-9-20(22)7-12(13)8-20/h3-6,12-13,26H,7-10H2,1-2H3,(H,27,30). The minimum Gasteiger partial charge on any atom is -0.476 e. The number of nitrogens with zero attached hydrogens (tertiary/aromatic N) is 2. The van der Waals surface area contributed by atoms with Crippen LogP contribution < -0.4 is 10.1 Å². The van der Waals surface area contributed by atoms with Crippen molar-refractivity contribution in [2.75, 3.05) is 18.2 Å². The van der Waals surface area contributed by atoms with Crippen LogP contribution in [0.4, 0.5) is 23.2 Å². The van der Waals surface area contributed by atoms with Gasteiger partial charge in [0.2, 0.25) is 5.88 Å². The van der Waals surface area contributed by atoms with Gasteiger partial charge in [-0.15, -0.1) is 10.2 Å². The lowest BCUT2D eigenvalue weighted by Gasteiger charge is -2.30. The highest BCUT2D eigenvalue weighted by atomic mass is 32.2. The summed E-state index contributed by atoms with van der Waals surface area (Å²) in [6.45, 7) is 1.11. The number of nitrogens with one attached hydrogen (secondary N) is 2. The van der Waals surface area contributed by atoms with Crippen LogP contribution in [0.3, 0.4) is 0 Å². The number of carbonyl (C=O) groups excluding carboxylic acids is 1. The fourth-order valence-electron chi connectivity index (χ4n) is 4.54. The molecule has 2 N–H and O–H groups in total. The number of halogens is 4. The second-order valence-electron chi connectivity index (χ2n) is 8.77. The molecule has 1 heterocycles. The zero-order valence-corrected chi connectivity index (χ0v) is 18.6. The fourth-order valence-corrected chi connectivity index (χ4v) is 5.23. The molecule has 0 saturated heterocycles. The molecule has 3 fully saturated rings. The highest BCUT2D eigenvalue weighted by Crippen LogP contribution is 2.57. The molecule has 3 aliphatic rings. The molecule has 7 nitrogen and oxygen atoms in total. The lowest BCUT2D eigenvalue weighted by atomic mass is 9.80. The van der Waals surface area contributed by atoms with Gasteiger partial charge in [0, 0.05) is 16.8 Å². The summed E-state index contributed by atoms with van der Waals surface area (Å²) in [5.74, 6) is -1.26. The number of benzene rings is 1. The van der Waals surface area contributed by atoms with Gasteiger partial charge in [0.1, 0.15) is 11.2 Å². The quantitative estimate of drug-likeness (QED) is 0.581. The van der Waals surface area contributed by atoms with E-state index in [0.717, 1.165) is 6.92 Å². The molecule has 2 atom stereocenters. The van der Waals surface area contributed by atoms with E-state index < -0.39 is 44.3 Å². The van der Waals surface area contributed by atoms with Gasteiger partial charge in [0.25, 0.3) is 5.91 Å². The zero-order chi connectivity index (χ0) is 24.2. The maximum absolute atomic E-state index is 14.2. The Balaban J connectivity index is 1.63. The molecule has 0 aliphatic heterocycles. The first kappa shape index (κ1) is 23.4. The van der Waals surface area contributed by atoms with Crippen LogP contribution in [0.15, 0.2) is 29.2 Å². The second-order valence-corrected chi connectivity index (χ2v) is 10.9. The number of ether oxygens (including phenoxy) is 1. The van der Waals surface area contributed by atoms with Crippen molar-refractivity contribution in [2.24, 2.45) is 11.8 Å². The first-order chi connectivity index (χ1) is 15.3. The molecular formula is C21H22F4N4O3S. The summed E-state index contributed by atoms with van der Waals surface area (Å²) >= 11 is 0. The lowest BCUT2D eigenvalue weighted by Crippen LogP contribution is -2.30. The zero-order valence-electron chi connectivity index (χ0n) is 17.8. The van der Waals surface area contributed by atoms with Crippen LogP contribution in [0.25, 0.3) is 0 Å². The summed E-state index contributed by atoms with van der Waals surface area (Å²) in [4.78, 5) is 13.2. The van der Waals surface area contributed by atoms with Crippen molar-refractivity contribution >= 4 is 21.3 Å². The largest absolute Gasteiger partial charge is 0.476 e. The van der Waals surface area contributed by atoms with Crippen molar-refractivity contribution in [3.8, 4) is 5.88 Å². The van der Waals surface area contributed by atoms with Crippen LogP contribution in [0.1, 0.15) is 40.9 Å². The summed E-state index contributed by atoms with van der Waals surface area (Å²) in [5.41, 5.74) is -3.26. The third kappa shape index (κ3) is 4.66. The molecule has 2 bridgehead atoms. The number of hydrogen-bond donors (Lipinski definition) is 2. The Kier molecular flexibility index (Phi) is 5.62. The molecule has 2 aromatic rings. The molecular weight excluding hydrogens is 464 g/mol. The molecule has 33 heavy (non-hydrogen) atoms. The number of hydrogen-bond acceptors (Lipinski definition) is 6.